The van der Waals surface area contributed by atoms with Crippen molar-refractivity contribution in [3.63, 3.8) is 0 Å². The van der Waals surface area contributed by atoms with Crippen LogP contribution in [0.3, 0.4) is 0 Å². The van der Waals surface area contributed by atoms with Crippen LogP contribution in [0.4, 0.5) is 0 Å². The van der Waals surface area contributed by atoms with Crippen LogP contribution >= 0.6 is 11.3 Å². The molecule has 4 heteroatoms. The van der Waals surface area contributed by atoms with E-state index in [9.17, 15) is 0 Å². The van der Waals surface area contributed by atoms with Gasteiger partial charge in [0.15, 0.2) is 0 Å². The Balaban J connectivity index is 2.41. The molecule has 0 amide bonds. The molecule has 13 heavy (non-hydrogen) atoms. The minimum atomic E-state index is 0.313. The Labute approximate surface area is 82.4 Å². The van der Waals surface area contributed by atoms with Gasteiger partial charge in [0.2, 0.25) is 0 Å². The van der Waals surface area contributed by atoms with Crippen molar-refractivity contribution in [1.82, 2.24) is 10.3 Å². The fourth-order valence-corrected chi connectivity index (χ4v) is 1.91. The smallest absolute Gasteiger partial charge is 0.109 e. The molecule has 0 saturated heterocycles. The second kappa shape index (κ2) is 5.68. The molecule has 0 aliphatic rings. The van der Waals surface area contributed by atoms with E-state index < -0.39 is 0 Å². The monoisotopic (exact) mass is 195 g/mol. The molecule has 1 rings (SSSR count). The molecule has 1 aromatic rings. The predicted octanol–water partition coefficient (Wildman–Crippen LogP) is 2.10. The van der Waals surface area contributed by atoms with Gasteiger partial charge in [-0.25, -0.2) is 4.98 Å². The third-order valence-electron chi connectivity index (χ3n) is 1.79. The van der Waals surface area contributed by atoms with Gasteiger partial charge in [-0.15, -0.1) is 11.3 Å². The summed E-state index contributed by atoms with van der Waals surface area (Å²) in [4.78, 5) is 4.24. The minimum Gasteiger partial charge on any atom is -0.307 e. The molecule has 70 valence electrons. The van der Waals surface area contributed by atoms with E-state index in [2.05, 4.69) is 23.3 Å². The number of hydrogen-bond acceptors (Lipinski definition) is 4. The van der Waals surface area contributed by atoms with Crippen molar-refractivity contribution in [2.45, 2.75) is 25.8 Å². The highest BCUT2D eigenvalue weighted by atomic mass is 32.1. The van der Waals surface area contributed by atoms with Crippen molar-refractivity contribution in [2.75, 3.05) is 6.54 Å². The van der Waals surface area contributed by atoms with Gasteiger partial charge in [0.1, 0.15) is 5.01 Å². The van der Waals surface area contributed by atoms with E-state index in [0.717, 1.165) is 18.0 Å². The molecular weight excluding hydrogens is 182 g/mol. The molecule has 1 atom stereocenters. The highest BCUT2D eigenvalue weighted by molar-refractivity contribution is 7.09. The first-order chi connectivity index (χ1) is 6.38. The van der Waals surface area contributed by atoms with E-state index in [1.165, 1.54) is 0 Å². The molecule has 0 bridgehead atoms. The predicted molar refractivity (Wildman–Crippen MR) is 53.4 cm³/mol. The Bertz CT molecular complexity index is 263. The third kappa shape index (κ3) is 3.13. The second-order valence-electron chi connectivity index (χ2n) is 2.69. The number of nitrogens with one attached hydrogen (secondary N) is 1. The number of nitriles is 1. The molecule has 1 aromatic heterocycles. The molecule has 0 spiro atoms. The zero-order chi connectivity index (χ0) is 9.52. The number of nitrogens with zero attached hydrogens (tertiary/aromatic N) is 2. The van der Waals surface area contributed by atoms with Crippen molar-refractivity contribution in [3.8, 4) is 6.07 Å². The molecule has 1 unspecified atom stereocenters. The molecule has 1 heterocycles. The van der Waals surface area contributed by atoms with Crippen molar-refractivity contribution in [2.24, 2.45) is 0 Å². The first kappa shape index (κ1) is 10.2. The van der Waals surface area contributed by atoms with E-state index in [1.54, 1.807) is 11.3 Å². The lowest BCUT2D eigenvalue weighted by Gasteiger charge is -2.12. The van der Waals surface area contributed by atoms with Crippen molar-refractivity contribution < 1.29 is 0 Å². The maximum Gasteiger partial charge on any atom is 0.109 e. The van der Waals surface area contributed by atoms with Crippen LogP contribution in [0.2, 0.25) is 0 Å². The number of hydrogen-bond donors (Lipinski definition) is 1. The van der Waals surface area contributed by atoms with Crippen LogP contribution in [0, 0.1) is 11.3 Å². The largest absolute Gasteiger partial charge is 0.307 e. The lowest BCUT2D eigenvalue weighted by molar-refractivity contribution is 0.524. The molecular formula is C9H13N3S. The van der Waals surface area contributed by atoms with Crippen LogP contribution in [0.1, 0.15) is 30.8 Å². The van der Waals surface area contributed by atoms with Gasteiger partial charge in [-0.2, -0.15) is 5.26 Å². The summed E-state index contributed by atoms with van der Waals surface area (Å²) in [6, 6.07) is 2.43. The lowest BCUT2D eigenvalue weighted by Crippen LogP contribution is -2.21. The fourth-order valence-electron chi connectivity index (χ4n) is 1.12. The van der Waals surface area contributed by atoms with Gasteiger partial charge >= 0.3 is 0 Å². The maximum atomic E-state index is 8.38. The van der Waals surface area contributed by atoms with Crippen molar-refractivity contribution >= 4 is 11.3 Å². The van der Waals surface area contributed by atoms with Crippen molar-refractivity contribution in [3.05, 3.63) is 16.6 Å². The zero-order valence-electron chi connectivity index (χ0n) is 7.66. The van der Waals surface area contributed by atoms with Gasteiger partial charge in [-0.3, -0.25) is 0 Å². The van der Waals surface area contributed by atoms with Gasteiger partial charge in [0, 0.05) is 24.5 Å². The van der Waals surface area contributed by atoms with E-state index in [4.69, 9.17) is 5.26 Å². The Hall–Kier alpha value is -0.920. The number of aromatic nitrogens is 1. The van der Waals surface area contributed by atoms with Crippen LogP contribution in [0.5, 0.6) is 0 Å². The Morgan fingerprint density at radius 3 is 3.15 bits per heavy atom. The number of thiazole rings is 1. The maximum absolute atomic E-state index is 8.38. The fraction of sp³-hybridized carbons (Fsp3) is 0.556. The summed E-state index contributed by atoms with van der Waals surface area (Å²) in [7, 11) is 0. The molecule has 0 fully saturated rings. The average Bonchev–Trinajstić information content (AvgIpc) is 2.65. The van der Waals surface area contributed by atoms with Crippen LogP contribution < -0.4 is 5.32 Å². The molecule has 0 aliphatic carbocycles. The van der Waals surface area contributed by atoms with E-state index in [-0.39, 0.29) is 0 Å². The SMILES string of the molecule is CCC(NCCC#N)c1nccs1. The van der Waals surface area contributed by atoms with Gasteiger partial charge in [-0.05, 0) is 6.42 Å². The van der Waals surface area contributed by atoms with Gasteiger partial charge in [-0.1, -0.05) is 6.92 Å². The quantitative estimate of drug-likeness (QED) is 0.732. The van der Waals surface area contributed by atoms with Crippen LogP contribution in [0.25, 0.3) is 0 Å². The molecule has 0 saturated carbocycles. The van der Waals surface area contributed by atoms with Gasteiger partial charge < -0.3 is 5.32 Å². The Kier molecular flexibility index (Phi) is 4.44. The van der Waals surface area contributed by atoms with E-state index in [0.29, 0.717) is 12.5 Å². The highest BCUT2D eigenvalue weighted by Crippen LogP contribution is 2.18. The Morgan fingerprint density at radius 1 is 1.77 bits per heavy atom. The van der Waals surface area contributed by atoms with Crippen LogP contribution in [-0.4, -0.2) is 11.5 Å². The molecule has 0 aliphatic heterocycles. The molecule has 1 N–H and O–H groups in total. The number of rotatable bonds is 5. The van der Waals surface area contributed by atoms with Crippen LogP contribution in [0.15, 0.2) is 11.6 Å². The summed E-state index contributed by atoms with van der Waals surface area (Å²) in [6.07, 6.45) is 3.38. The Morgan fingerprint density at radius 2 is 2.62 bits per heavy atom. The van der Waals surface area contributed by atoms with Crippen molar-refractivity contribution in [1.29, 1.82) is 5.26 Å². The summed E-state index contributed by atoms with van der Waals surface area (Å²) in [5.74, 6) is 0. The summed E-state index contributed by atoms with van der Waals surface area (Å²) in [5.41, 5.74) is 0. The molecule has 3 nitrogen and oxygen atoms in total. The topological polar surface area (TPSA) is 48.7 Å². The molecule has 0 aromatic carbocycles. The normalized spacial score (nSPS) is 12.3. The van der Waals surface area contributed by atoms with E-state index in [1.807, 2.05) is 11.6 Å². The summed E-state index contributed by atoms with van der Waals surface area (Å²) in [5, 5.41) is 14.8. The van der Waals surface area contributed by atoms with Gasteiger partial charge in [0.05, 0.1) is 12.1 Å². The summed E-state index contributed by atoms with van der Waals surface area (Å²) in [6.45, 7) is 2.86. The lowest BCUT2D eigenvalue weighted by atomic mass is 10.2. The first-order valence-electron chi connectivity index (χ1n) is 4.38. The third-order valence-corrected chi connectivity index (χ3v) is 2.67. The second-order valence-corrected chi connectivity index (χ2v) is 3.62. The summed E-state index contributed by atoms with van der Waals surface area (Å²) >= 11 is 1.66. The zero-order valence-corrected chi connectivity index (χ0v) is 8.47. The highest BCUT2D eigenvalue weighted by Gasteiger charge is 2.09. The molecule has 0 radical (unpaired) electrons. The summed E-state index contributed by atoms with van der Waals surface area (Å²) < 4.78 is 0. The van der Waals surface area contributed by atoms with Gasteiger partial charge in [0.25, 0.3) is 0 Å². The van der Waals surface area contributed by atoms with Crippen LogP contribution in [-0.2, 0) is 0 Å². The van der Waals surface area contributed by atoms with E-state index >= 15 is 0 Å². The standard InChI is InChI=1S/C9H13N3S/c1-2-8(11-5-3-4-10)9-12-6-7-13-9/h6-8,11H,2-3,5H2,1H3. The minimum absolute atomic E-state index is 0.313. The average molecular weight is 195 g/mol. The first-order valence-corrected chi connectivity index (χ1v) is 5.26.